The van der Waals surface area contributed by atoms with Gasteiger partial charge in [-0.15, -0.1) is 0 Å². The molecule has 8 heteroatoms. The van der Waals surface area contributed by atoms with E-state index in [4.69, 9.17) is 0 Å². The minimum absolute atomic E-state index is 0.0489. The van der Waals surface area contributed by atoms with Gasteiger partial charge in [-0.25, -0.2) is 9.82 Å². The van der Waals surface area contributed by atoms with E-state index in [1.807, 2.05) is 56.1 Å². The monoisotopic (exact) mass is 483 g/mol. The number of benzene rings is 1. The molecule has 2 aromatic rings. The van der Waals surface area contributed by atoms with Gasteiger partial charge in [-0.1, -0.05) is 26.0 Å². The topological polar surface area (TPSA) is 71.7 Å². The van der Waals surface area contributed by atoms with Gasteiger partial charge in [-0.05, 0) is 49.8 Å². The summed E-state index contributed by atoms with van der Waals surface area (Å²) in [5.41, 5.74) is 5.59. The summed E-state index contributed by atoms with van der Waals surface area (Å²) in [6, 6.07) is 3.98. The molecule has 190 valence electrons. The molecule has 7 nitrogen and oxygen atoms in total. The number of carbonyl (C=O) groups is 2. The largest absolute Gasteiger partial charge is 0.348 e. The fourth-order valence-electron chi connectivity index (χ4n) is 5.08. The molecule has 1 aliphatic carbocycles. The summed E-state index contributed by atoms with van der Waals surface area (Å²) in [4.78, 5) is 32.3. The first-order valence-electron chi connectivity index (χ1n) is 13.0. The molecule has 1 unspecified atom stereocenters. The van der Waals surface area contributed by atoms with Crippen LogP contribution in [0.25, 0.3) is 10.9 Å². The number of likely N-dealkylation sites (tertiary alicyclic amines) is 1. The molecule has 3 aliphatic rings. The van der Waals surface area contributed by atoms with Crippen LogP contribution in [0.5, 0.6) is 0 Å². The van der Waals surface area contributed by atoms with E-state index in [1.54, 1.807) is 11.0 Å². The number of hydrazine groups is 1. The third-order valence-electron chi connectivity index (χ3n) is 7.21. The number of aromatic amines is 1. The lowest BCUT2D eigenvalue weighted by molar-refractivity contribution is -0.132. The van der Waals surface area contributed by atoms with Gasteiger partial charge in [0.15, 0.2) is 5.82 Å². The molecule has 1 saturated heterocycles. The maximum absolute atomic E-state index is 15.7. The molecule has 2 aliphatic heterocycles. The second-order valence-electron chi connectivity index (χ2n) is 9.58. The van der Waals surface area contributed by atoms with Crippen molar-refractivity contribution in [1.29, 1.82) is 0 Å². The summed E-state index contributed by atoms with van der Waals surface area (Å²) in [7, 11) is 1.81. The van der Waals surface area contributed by atoms with Gasteiger partial charge in [0.1, 0.15) is 5.69 Å². The van der Waals surface area contributed by atoms with Gasteiger partial charge >= 0.3 is 0 Å². The van der Waals surface area contributed by atoms with Gasteiger partial charge < -0.3 is 19.8 Å². The maximum atomic E-state index is 15.7. The second-order valence-corrected chi connectivity index (χ2v) is 9.58. The van der Waals surface area contributed by atoms with Crippen molar-refractivity contribution in [2.45, 2.75) is 64.8 Å². The van der Waals surface area contributed by atoms with E-state index in [2.05, 4.69) is 10.4 Å². The number of hydrogen-bond donors (Lipinski definition) is 2. The van der Waals surface area contributed by atoms with Crippen LogP contribution in [0.1, 0.15) is 73.5 Å². The van der Waals surface area contributed by atoms with Crippen LogP contribution >= 0.6 is 0 Å². The number of amides is 2. The quantitative estimate of drug-likeness (QED) is 0.643. The predicted molar refractivity (Wildman–Crippen MR) is 136 cm³/mol. The fraction of sp³-hybridized carbons (Fsp3) is 0.556. The number of nitrogens with one attached hydrogen (secondary N) is 2. The molecule has 1 saturated carbocycles. The van der Waals surface area contributed by atoms with Crippen molar-refractivity contribution in [3.05, 3.63) is 47.0 Å². The fourth-order valence-corrected chi connectivity index (χ4v) is 5.08. The SMILES string of the molecule is CC.Cc1cc(C2CCCN(C(=O)CCN3C=CCN3)C2)c(F)c2[nH]c(C(=O)N(C)C3CC3)cc12. The summed E-state index contributed by atoms with van der Waals surface area (Å²) in [6.07, 6.45) is 8.17. The van der Waals surface area contributed by atoms with Crippen LogP contribution in [-0.2, 0) is 4.79 Å². The van der Waals surface area contributed by atoms with Crippen molar-refractivity contribution in [2.24, 2.45) is 0 Å². The Hall–Kier alpha value is -2.87. The highest BCUT2D eigenvalue weighted by Crippen LogP contribution is 2.35. The third-order valence-corrected chi connectivity index (χ3v) is 7.21. The summed E-state index contributed by atoms with van der Waals surface area (Å²) in [5.74, 6) is -0.330. The lowest BCUT2D eigenvalue weighted by atomic mass is 9.88. The number of nitrogens with zero attached hydrogens (tertiary/aromatic N) is 3. The number of piperidine rings is 1. The first kappa shape index (κ1) is 25.2. The summed E-state index contributed by atoms with van der Waals surface area (Å²) in [6.45, 7) is 8.63. The van der Waals surface area contributed by atoms with Crippen LogP contribution < -0.4 is 5.43 Å². The van der Waals surface area contributed by atoms with Gasteiger partial charge in [0.2, 0.25) is 5.91 Å². The molecule has 2 fully saturated rings. The Morgan fingerprint density at radius 3 is 2.66 bits per heavy atom. The van der Waals surface area contributed by atoms with Crippen LogP contribution in [0.15, 0.2) is 24.4 Å². The molecular formula is C27H38FN5O2. The van der Waals surface area contributed by atoms with Gasteiger partial charge in [0.05, 0.1) is 5.52 Å². The number of hydrogen-bond acceptors (Lipinski definition) is 4. The molecule has 2 amide bonds. The summed E-state index contributed by atoms with van der Waals surface area (Å²) >= 11 is 0. The molecule has 35 heavy (non-hydrogen) atoms. The Balaban J connectivity index is 0.00000141. The van der Waals surface area contributed by atoms with Crippen molar-refractivity contribution in [2.75, 3.05) is 33.2 Å². The highest BCUT2D eigenvalue weighted by Gasteiger charge is 2.32. The van der Waals surface area contributed by atoms with Crippen LogP contribution in [0.2, 0.25) is 0 Å². The number of carbonyl (C=O) groups excluding carboxylic acids is 2. The number of rotatable bonds is 6. The van der Waals surface area contributed by atoms with Crippen molar-refractivity contribution in [1.82, 2.24) is 25.2 Å². The number of fused-ring (bicyclic) bond motifs is 1. The second kappa shape index (κ2) is 10.8. The van der Waals surface area contributed by atoms with Crippen molar-refractivity contribution < 1.29 is 14.0 Å². The third kappa shape index (κ3) is 5.37. The number of aromatic nitrogens is 1. The average Bonchev–Trinajstić information content (AvgIpc) is 3.40. The van der Waals surface area contributed by atoms with Crippen LogP contribution in [0.3, 0.4) is 0 Å². The lowest BCUT2D eigenvalue weighted by Gasteiger charge is -2.34. The molecule has 3 heterocycles. The van der Waals surface area contributed by atoms with E-state index >= 15 is 4.39 Å². The Morgan fingerprint density at radius 2 is 1.97 bits per heavy atom. The molecular weight excluding hydrogens is 445 g/mol. The van der Waals surface area contributed by atoms with Crippen molar-refractivity contribution >= 4 is 22.7 Å². The lowest BCUT2D eigenvalue weighted by Crippen LogP contribution is -2.41. The average molecular weight is 484 g/mol. The standard InChI is InChI=1S/C25H32FN5O2.C2H6/c1-16-13-20(17-5-3-10-30(15-17)22(32)8-12-31-11-4-9-27-31)23(26)24-19(16)14-21(28-24)25(33)29(2)18-6-7-18;1-2/h4,11,13-14,17-18,27-28H,3,5-10,12,15H2,1-2H3;1-2H3. The molecule has 0 bridgehead atoms. The number of halogens is 1. The molecule has 0 radical (unpaired) electrons. The van der Waals surface area contributed by atoms with Crippen LogP contribution in [-0.4, -0.2) is 70.9 Å². The van der Waals surface area contributed by atoms with E-state index in [0.717, 1.165) is 49.7 Å². The number of aryl methyl sites for hydroxylation is 1. The molecule has 0 spiro atoms. The van der Waals surface area contributed by atoms with Crippen molar-refractivity contribution in [3.63, 3.8) is 0 Å². The Kier molecular flexibility index (Phi) is 7.79. The Morgan fingerprint density at radius 1 is 1.20 bits per heavy atom. The van der Waals surface area contributed by atoms with Crippen LogP contribution in [0, 0.1) is 12.7 Å². The van der Waals surface area contributed by atoms with Crippen molar-refractivity contribution in [3.8, 4) is 0 Å². The smallest absolute Gasteiger partial charge is 0.270 e. The predicted octanol–water partition coefficient (Wildman–Crippen LogP) is 4.31. The van der Waals surface area contributed by atoms with Gasteiger partial charge in [-0.3, -0.25) is 9.59 Å². The molecule has 1 aromatic heterocycles. The van der Waals surface area contributed by atoms with E-state index in [-0.39, 0.29) is 23.5 Å². The minimum atomic E-state index is -0.297. The zero-order valence-corrected chi connectivity index (χ0v) is 21.4. The molecule has 5 rings (SSSR count). The van der Waals surface area contributed by atoms with E-state index < -0.39 is 0 Å². The molecule has 2 N–H and O–H groups in total. The normalized spacial score (nSPS) is 19.6. The van der Waals surface area contributed by atoms with Crippen LogP contribution in [0.4, 0.5) is 4.39 Å². The molecule has 1 aromatic carbocycles. The van der Waals surface area contributed by atoms with E-state index in [0.29, 0.717) is 42.3 Å². The highest BCUT2D eigenvalue weighted by molar-refractivity contribution is 5.99. The Labute approximate surface area is 207 Å². The maximum Gasteiger partial charge on any atom is 0.270 e. The summed E-state index contributed by atoms with van der Waals surface area (Å²) in [5, 5.41) is 2.68. The number of H-pyrrole nitrogens is 1. The van der Waals surface area contributed by atoms with Gasteiger partial charge in [0.25, 0.3) is 5.91 Å². The molecule has 1 atom stereocenters. The first-order valence-corrected chi connectivity index (χ1v) is 13.0. The van der Waals surface area contributed by atoms with E-state index in [9.17, 15) is 9.59 Å². The van der Waals surface area contributed by atoms with Gasteiger partial charge in [-0.2, -0.15) is 0 Å². The zero-order valence-electron chi connectivity index (χ0n) is 21.4. The highest BCUT2D eigenvalue weighted by atomic mass is 19.1. The summed E-state index contributed by atoms with van der Waals surface area (Å²) < 4.78 is 15.7. The van der Waals surface area contributed by atoms with E-state index in [1.165, 1.54) is 0 Å². The Bertz CT molecular complexity index is 1110. The minimum Gasteiger partial charge on any atom is -0.348 e. The first-order chi connectivity index (χ1) is 16.9. The van der Waals surface area contributed by atoms with Gasteiger partial charge in [0, 0.05) is 63.2 Å². The zero-order chi connectivity index (χ0) is 25.1.